The Morgan fingerprint density at radius 2 is 1.23 bits per heavy atom. The van der Waals surface area contributed by atoms with Gasteiger partial charge in [0.1, 0.15) is 0 Å². The predicted octanol–water partition coefficient (Wildman–Crippen LogP) is 6.35. The van der Waals surface area contributed by atoms with E-state index < -0.39 is 0 Å². The highest BCUT2D eigenvalue weighted by molar-refractivity contribution is 6.30. The normalized spacial score (nSPS) is 12.1. The third-order valence-corrected chi connectivity index (χ3v) is 5.21. The van der Waals surface area contributed by atoms with Crippen LogP contribution in [0.2, 0.25) is 0 Å². The maximum Gasteiger partial charge on any atom is -0.00175 e. The molecule has 0 amide bonds. The molecule has 0 fully saturated rings. The molecule has 0 aliphatic carbocycles. The minimum Gasteiger partial charge on any atom is -0.0616 e. The number of aryl methyl sites for hydroxylation is 2. The largest absolute Gasteiger partial charge is 0.0616 e. The van der Waals surface area contributed by atoms with E-state index in [1.807, 2.05) is 0 Å². The van der Waals surface area contributed by atoms with Crippen molar-refractivity contribution >= 4 is 43.1 Å². The van der Waals surface area contributed by atoms with Gasteiger partial charge in [-0.25, -0.2) is 0 Å². The number of rotatable bonds is 0. The molecule has 0 aliphatic rings. The Morgan fingerprint density at radius 1 is 0.500 bits per heavy atom. The van der Waals surface area contributed by atoms with E-state index in [0.717, 1.165) is 0 Å². The van der Waals surface area contributed by atoms with Gasteiger partial charge >= 0.3 is 0 Å². The van der Waals surface area contributed by atoms with E-state index in [9.17, 15) is 0 Å². The molecule has 0 spiro atoms. The van der Waals surface area contributed by atoms with Gasteiger partial charge in [0, 0.05) is 0 Å². The van der Waals surface area contributed by atoms with Crippen molar-refractivity contribution in [2.24, 2.45) is 0 Å². The third-order valence-electron chi connectivity index (χ3n) is 5.21. The third kappa shape index (κ3) is 1.33. The van der Waals surface area contributed by atoms with Gasteiger partial charge in [-0.05, 0) is 74.1 Å². The van der Waals surface area contributed by atoms with Crippen LogP contribution < -0.4 is 0 Å². The van der Waals surface area contributed by atoms with Crippen molar-refractivity contribution in [3.05, 3.63) is 71.8 Å². The fourth-order valence-electron chi connectivity index (χ4n) is 4.03. The summed E-state index contributed by atoms with van der Waals surface area (Å²) in [6.45, 7) is 4.53. The summed E-state index contributed by atoms with van der Waals surface area (Å²) in [5.41, 5.74) is 2.81. The maximum absolute atomic E-state index is 2.33. The molecule has 0 heteroatoms. The van der Waals surface area contributed by atoms with Crippen LogP contribution in [-0.2, 0) is 0 Å². The van der Waals surface area contributed by atoms with Gasteiger partial charge in [0.2, 0.25) is 0 Å². The Hall–Kier alpha value is -2.60. The molecule has 5 aromatic rings. The predicted molar refractivity (Wildman–Crippen MR) is 97.1 cm³/mol. The molecule has 0 heterocycles. The number of hydrogen-bond acceptors (Lipinski definition) is 0. The zero-order valence-electron chi connectivity index (χ0n) is 12.8. The summed E-state index contributed by atoms with van der Waals surface area (Å²) in [5.74, 6) is 0. The van der Waals surface area contributed by atoms with E-state index in [4.69, 9.17) is 0 Å². The average molecular weight is 280 g/mol. The van der Waals surface area contributed by atoms with E-state index >= 15 is 0 Å². The van der Waals surface area contributed by atoms with E-state index in [0.29, 0.717) is 0 Å². The Morgan fingerprint density at radius 3 is 2.14 bits per heavy atom. The molecule has 5 rings (SSSR count). The molecule has 0 aliphatic heterocycles. The molecule has 104 valence electrons. The molecule has 0 nitrogen and oxygen atoms in total. The number of hydrogen-bond donors (Lipinski definition) is 0. The lowest BCUT2D eigenvalue weighted by Crippen LogP contribution is -1.92. The zero-order chi connectivity index (χ0) is 14.8. The van der Waals surface area contributed by atoms with Crippen molar-refractivity contribution in [2.45, 2.75) is 13.8 Å². The number of fused-ring (bicyclic) bond motifs is 2. The molecular weight excluding hydrogens is 264 g/mol. The molecule has 0 saturated heterocycles. The van der Waals surface area contributed by atoms with Gasteiger partial charge in [0.15, 0.2) is 0 Å². The molecule has 0 unspecified atom stereocenters. The first kappa shape index (κ1) is 12.0. The van der Waals surface area contributed by atoms with Gasteiger partial charge in [-0.3, -0.25) is 0 Å². The van der Waals surface area contributed by atoms with Crippen molar-refractivity contribution in [2.75, 3.05) is 0 Å². The molecule has 0 saturated carbocycles. The van der Waals surface area contributed by atoms with Gasteiger partial charge in [-0.1, -0.05) is 54.6 Å². The molecule has 22 heavy (non-hydrogen) atoms. The lowest BCUT2D eigenvalue weighted by Gasteiger charge is -2.18. The fraction of sp³-hybridized carbons (Fsp3) is 0.0909. The summed E-state index contributed by atoms with van der Waals surface area (Å²) in [4.78, 5) is 0. The van der Waals surface area contributed by atoms with Crippen LogP contribution >= 0.6 is 0 Å². The van der Waals surface area contributed by atoms with E-state index in [2.05, 4.69) is 74.5 Å². The van der Waals surface area contributed by atoms with Crippen molar-refractivity contribution < 1.29 is 0 Å². The summed E-state index contributed by atoms with van der Waals surface area (Å²) < 4.78 is 0. The first-order valence-electron chi connectivity index (χ1n) is 7.81. The van der Waals surface area contributed by atoms with Gasteiger partial charge in [0.05, 0.1) is 0 Å². The Labute approximate surface area is 129 Å². The molecular formula is C22H16. The van der Waals surface area contributed by atoms with E-state index in [1.54, 1.807) is 0 Å². The molecule has 0 radical (unpaired) electrons. The lowest BCUT2D eigenvalue weighted by atomic mass is 9.86. The quantitative estimate of drug-likeness (QED) is 0.229. The van der Waals surface area contributed by atoms with Crippen LogP contribution in [0.3, 0.4) is 0 Å². The minimum absolute atomic E-state index is 1.33. The highest BCUT2D eigenvalue weighted by atomic mass is 14.2. The van der Waals surface area contributed by atoms with Crippen LogP contribution in [0.25, 0.3) is 43.1 Å². The standard InChI is InChI=1S/C22H16/c1-13-14(2)20-19-8-4-3-6-16(19)12-17-11-10-15-7-5-9-18(13)21(15)22(17)20/h3-12H,1-2H3. The van der Waals surface area contributed by atoms with Crippen LogP contribution in [0.15, 0.2) is 60.7 Å². The summed E-state index contributed by atoms with van der Waals surface area (Å²) in [7, 11) is 0. The Bertz CT molecular complexity index is 1180. The fourth-order valence-corrected chi connectivity index (χ4v) is 4.03. The lowest BCUT2D eigenvalue weighted by molar-refractivity contribution is 1.42. The second kappa shape index (κ2) is 3.98. The molecule has 0 aromatic heterocycles. The first-order chi connectivity index (χ1) is 10.8. The SMILES string of the molecule is Cc1c(C)c2c3ccccc3cc3ccc4cccc1c4c32. The van der Waals surface area contributed by atoms with Crippen molar-refractivity contribution in [1.82, 2.24) is 0 Å². The summed E-state index contributed by atoms with van der Waals surface area (Å²) in [5, 5.41) is 11.1. The second-order valence-corrected chi connectivity index (χ2v) is 6.29. The van der Waals surface area contributed by atoms with Gasteiger partial charge in [-0.15, -0.1) is 0 Å². The van der Waals surface area contributed by atoms with E-state index in [-0.39, 0.29) is 0 Å². The van der Waals surface area contributed by atoms with Gasteiger partial charge in [-0.2, -0.15) is 0 Å². The maximum atomic E-state index is 2.33. The smallest absolute Gasteiger partial charge is 0.00175 e. The van der Waals surface area contributed by atoms with E-state index in [1.165, 1.54) is 54.2 Å². The topological polar surface area (TPSA) is 0 Å². The summed E-state index contributed by atoms with van der Waals surface area (Å²) in [6, 6.07) is 22.3. The van der Waals surface area contributed by atoms with Crippen molar-refractivity contribution in [3.8, 4) is 0 Å². The number of benzene rings is 5. The minimum atomic E-state index is 1.33. The summed E-state index contributed by atoms with van der Waals surface area (Å²) in [6.07, 6.45) is 0. The molecule has 0 N–H and O–H groups in total. The van der Waals surface area contributed by atoms with Crippen LogP contribution in [0.4, 0.5) is 0 Å². The second-order valence-electron chi connectivity index (χ2n) is 6.29. The molecule has 5 aromatic carbocycles. The average Bonchev–Trinajstić information content (AvgIpc) is 2.56. The van der Waals surface area contributed by atoms with Crippen LogP contribution in [0.1, 0.15) is 11.1 Å². The summed E-state index contributed by atoms with van der Waals surface area (Å²) >= 11 is 0. The van der Waals surface area contributed by atoms with Crippen molar-refractivity contribution in [1.29, 1.82) is 0 Å². The van der Waals surface area contributed by atoms with Crippen LogP contribution in [-0.4, -0.2) is 0 Å². The highest BCUT2D eigenvalue weighted by Gasteiger charge is 2.15. The molecule has 0 bridgehead atoms. The van der Waals surface area contributed by atoms with Crippen molar-refractivity contribution in [3.63, 3.8) is 0 Å². The van der Waals surface area contributed by atoms with Gasteiger partial charge < -0.3 is 0 Å². The first-order valence-corrected chi connectivity index (χ1v) is 7.81. The monoisotopic (exact) mass is 280 g/mol. The highest BCUT2D eigenvalue weighted by Crippen LogP contribution is 2.41. The Kier molecular flexibility index (Phi) is 2.17. The zero-order valence-corrected chi connectivity index (χ0v) is 12.8. The van der Waals surface area contributed by atoms with Crippen LogP contribution in [0.5, 0.6) is 0 Å². The molecule has 0 atom stereocenters. The van der Waals surface area contributed by atoms with Gasteiger partial charge in [0.25, 0.3) is 0 Å². The Balaban J connectivity index is 2.28. The van der Waals surface area contributed by atoms with Crippen LogP contribution in [0, 0.1) is 13.8 Å².